The highest BCUT2D eigenvalue weighted by Crippen LogP contribution is 2.16. The van der Waals surface area contributed by atoms with Crippen LogP contribution in [0.25, 0.3) is 0 Å². The fourth-order valence-electron chi connectivity index (χ4n) is 1.89. The lowest BCUT2D eigenvalue weighted by Gasteiger charge is -2.28. The van der Waals surface area contributed by atoms with E-state index in [-0.39, 0.29) is 12.0 Å². The highest BCUT2D eigenvalue weighted by molar-refractivity contribution is 5.76. The first-order valence-corrected chi connectivity index (χ1v) is 6.64. The minimum absolute atomic E-state index is 0.166. The lowest BCUT2D eigenvalue weighted by Crippen LogP contribution is -2.42. The van der Waals surface area contributed by atoms with Gasteiger partial charge < -0.3 is 4.74 Å². The van der Waals surface area contributed by atoms with Crippen molar-refractivity contribution in [2.75, 3.05) is 14.1 Å². The van der Waals surface area contributed by atoms with Crippen LogP contribution in [0.4, 0.5) is 0 Å². The molecule has 0 aliphatic heterocycles. The Bertz CT molecular complexity index is 433. The lowest BCUT2D eigenvalue weighted by molar-refractivity contribution is -0.160. The Morgan fingerprint density at radius 2 is 1.84 bits per heavy atom. The van der Waals surface area contributed by atoms with E-state index in [9.17, 15) is 4.79 Å². The fourth-order valence-corrected chi connectivity index (χ4v) is 1.89. The summed E-state index contributed by atoms with van der Waals surface area (Å²) in [6.45, 7) is 7.75. The van der Waals surface area contributed by atoms with Crippen LogP contribution in [0.15, 0.2) is 24.3 Å². The van der Waals surface area contributed by atoms with Crippen molar-refractivity contribution in [2.24, 2.45) is 0 Å². The second kappa shape index (κ2) is 6.20. The van der Waals surface area contributed by atoms with Crippen molar-refractivity contribution in [1.29, 1.82) is 0 Å². The lowest BCUT2D eigenvalue weighted by atomic mass is 10.0. The van der Waals surface area contributed by atoms with E-state index in [1.807, 2.05) is 51.9 Å². The molecule has 1 aromatic rings. The van der Waals surface area contributed by atoms with Gasteiger partial charge in [0.15, 0.2) is 0 Å². The van der Waals surface area contributed by atoms with Crippen LogP contribution in [0.1, 0.15) is 31.9 Å². The first-order chi connectivity index (χ1) is 8.70. The molecule has 0 aliphatic rings. The second-order valence-electron chi connectivity index (χ2n) is 6.14. The summed E-state index contributed by atoms with van der Waals surface area (Å²) >= 11 is 0. The van der Waals surface area contributed by atoms with Crippen molar-refractivity contribution in [2.45, 2.75) is 45.8 Å². The molecule has 3 nitrogen and oxygen atoms in total. The van der Waals surface area contributed by atoms with Crippen LogP contribution in [0.2, 0.25) is 0 Å². The summed E-state index contributed by atoms with van der Waals surface area (Å²) in [6.07, 6.45) is 0.675. The second-order valence-corrected chi connectivity index (χ2v) is 6.14. The van der Waals surface area contributed by atoms with E-state index < -0.39 is 5.60 Å². The highest BCUT2D eigenvalue weighted by Gasteiger charge is 2.27. The molecule has 0 N–H and O–H groups in total. The zero-order valence-electron chi connectivity index (χ0n) is 12.9. The molecule has 0 saturated heterocycles. The van der Waals surface area contributed by atoms with Crippen LogP contribution in [0, 0.1) is 6.92 Å². The number of likely N-dealkylation sites (N-methyl/N-ethyl adjacent to an activating group) is 1. The van der Waals surface area contributed by atoms with E-state index in [0.29, 0.717) is 6.42 Å². The zero-order chi connectivity index (χ0) is 14.6. The molecule has 1 aromatic carbocycles. The largest absolute Gasteiger partial charge is 0.459 e. The van der Waals surface area contributed by atoms with Gasteiger partial charge in [-0.1, -0.05) is 24.3 Å². The molecule has 0 amide bonds. The number of carbonyl (C=O) groups is 1. The molecule has 0 spiro atoms. The number of esters is 1. The monoisotopic (exact) mass is 263 g/mol. The Kier molecular flexibility index (Phi) is 5.12. The van der Waals surface area contributed by atoms with E-state index in [2.05, 4.69) is 19.1 Å². The fraction of sp³-hybridized carbons (Fsp3) is 0.562. The molecule has 106 valence electrons. The van der Waals surface area contributed by atoms with Gasteiger partial charge in [-0.3, -0.25) is 9.69 Å². The quantitative estimate of drug-likeness (QED) is 0.782. The van der Waals surface area contributed by atoms with Crippen LogP contribution in [0.3, 0.4) is 0 Å². The number of ether oxygens (including phenoxy) is 1. The van der Waals surface area contributed by atoms with Gasteiger partial charge in [-0.05, 0) is 59.3 Å². The molecular formula is C16H25NO2. The topological polar surface area (TPSA) is 29.5 Å². The molecule has 1 unspecified atom stereocenters. The summed E-state index contributed by atoms with van der Waals surface area (Å²) in [7, 11) is 3.82. The number of benzene rings is 1. The van der Waals surface area contributed by atoms with Crippen LogP contribution in [-0.4, -0.2) is 36.6 Å². The Morgan fingerprint density at radius 3 is 2.32 bits per heavy atom. The van der Waals surface area contributed by atoms with Gasteiger partial charge >= 0.3 is 5.97 Å². The van der Waals surface area contributed by atoms with Gasteiger partial charge in [0.1, 0.15) is 11.6 Å². The van der Waals surface area contributed by atoms with Gasteiger partial charge in [-0.15, -0.1) is 0 Å². The molecule has 0 aliphatic carbocycles. The number of carbonyl (C=O) groups excluding carboxylic acids is 1. The maximum absolute atomic E-state index is 12.3. The third-order valence-corrected chi connectivity index (χ3v) is 2.98. The maximum atomic E-state index is 12.3. The standard InChI is InChI=1S/C16H25NO2/c1-12-9-7-8-10-13(12)11-14(17(5)6)15(18)19-16(2,3)4/h7-10,14H,11H2,1-6H3. The maximum Gasteiger partial charge on any atom is 0.324 e. The van der Waals surface area contributed by atoms with Crippen LogP contribution in [-0.2, 0) is 16.0 Å². The van der Waals surface area contributed by atoms with Crippen molar-refractivity contribution in [3.8, 4) is 0 Å². The summed E-state index contributed by atoms with van der Waals surface area (Å²) in [6, 6.07) is 7.90. The molecule has 0 fully saturated rings. The molecular weight excluding hydrogens is 238 g/mol. The third kappa shape index (κ3) is 5.03. The van der Waals surface area contributed by atoms with Gasteiger partial charge in [0.2, 0.25) is 0 Å². The molecule has 3 heteroatoms. The molecule has 0 radical (unpaired) electrons. The van der Waals surface area contributed by atoms with Crippen molar-refractivity contribution < 1.29 is 9.53 Å². The Balaban J connectivity index is 2.85. The van der Waals surface area contributed by atoms with Crippen LogP contribution < -0.4 is 0 Å². The smallest absolute Gasteiger partial charge is 0.324 e. The van der Waals surface area contributed by atoms with E-state index in [1.165, 1.54) is 11.1 Å². The van der Waals surface area contributed by atoms with Gasteiger partial charge in [0.25, 0.3) is 0 Å². The summed E-state index contributed by atoms with van der Waals surface area (Å²) in [5, 5.41) is 0. The van der Waals surface area contributed by atoms with E-state index >= 15 is 0 Å². The van der Waals surface area contributed by atoms with Gasteiger partial charge in [0.05, 0.1) is 0 Å². The Morgan fingerprint density at radius 1 is 1.26 bits per heavy atom. The molecule has 19 heavy (non-hydrogen) atoms. The minimum atomic E-state index is -0.447. The first kappa shape index (κ1) is 15.7. The third-order valence-electron chi connectivity index (χ3n) is 2.98. The first-order valence-electron chi connectivity index (χ1n) is 6.64. The Labute approximate surface area is 116 Å². The number of hydrogen-bond donors (Lipinski definition) is 0. The zero-order valence-corrected chi connectivity index (χ0v) is 12.9. The number of nitrogens with zero attached hydrogens (tertiary/aromatic N) is 1. The van der Waals surface area contributed by atoms with E-state index in [4.69, 9.17) is 4.74 Å². The van der Waals surface area contributed by atoms with Crippen molar-refractivity contribution in [3.63, 3.8) is 0 Å². The minimum Gasteiger partial charge on any atom is -0.459 e. The van der Waals surface area contributed by atoms with Crippen molar-refractivity contribution >= 4 is 5.97 Å². The molecule has 0 aromatic heterocycles. The summed E-state index contributed by atoms with van der Waals surface area (Å²) in [5.41, 5.74) is 1.95. The normalized spacial score (nSPS) is 13.4. The van der Waals surface area contributed by atoms with E-state index in [0.717, 1.165) is 0 Å². The predicted molar refractivity (Wildman–Crippen MR) is 78.2 cm³/mol. The molecule has 0 heterocycles. The number of rotatable bonds is 4. The summed E-state index contributed by atoms with van der Waals surface area (Å²) < 4.78 is 5.49. The Hall–Kier alpha value is -1.35. The van der Waals surface area contributed by atoms with Gasteiger partial charge in [-0.25, -0.2) is 0 Å². The van der Waals surface area contributed by atoms with Crippen LogP contribution in [0.5, 0.6) is 0 Å². The SMILES string of the molecule is Cc1ccccc1CC(C(=O)OC(C)(C)C)N(C)C. The summed E-state index contributed by atoms with van der Waals surface area (Å²) in [5.74, 6) is -0.166. The van der Waals surface area contributed by atoms with Crippen LogP contribution >= 0.6 is 0 Å². The molecule has 1 atom stereocenters. The predicted octanol–water partition coefficient (Wildman–Crippen LogP) is 2.81. The average molecular weight is 263 g/mol. The average Bonchev–Trinajstić information content (AvgIpc) is 2.24. The van der Waals surface area contributed by atoms with E-state index in [1.54, 1.807) is 0 Å². The van der Waals surface area contributed by atoms with Crippen molar-refractivity contribution in [3.05, 3.63) is 35.4 Å². The summed E-state index contributed by atoms with van der Waals surface area (Å²) in [4.78, 5) is 14.2. The molecule has 0 bridgehead atoms. The van der Waals surface area contributed by atoms with Gasteiger partial charge in [0, 0.05) is 0 Å². The molecule has 0 saturated carbocycles. The molecule has 1 rings (SSSR count). The number of aryl methyl sites for hydroxylation is 1. The number of hydrogen-bond acceptors (Lipinski definition) is 3. The highest BCUT2D eigenvalue weighted by atomic mass is 16.6. The van der Waals surface area contributed by atoms with Crippen molar-refractivity contribution in [1.82, 2.24) is 4.90 Å². The van der Waals surface area contributed by atoms with Gasteiger partial charge in [-0.2, -0.15) is 0 Å².